The van der Waals surface area contributed by atoms with Crippen LogP contribution in [-0.2, 0) is 4.79 Å². The molecule has 2 heterocycles. The minimum atomic E-state index is -0.111. The molecule has 4 rings (SSSR count). The van der Waals surface area contributed by atoms with Gasteiger partial charge in [-0.05, 0) is 36.9 Å². The van der Waals surface area contributed by atoms with Crippen LogP contribution in [-0.4, -0.2) is 60.0 Å². The summed E-state index contributed by atoms with van der Waals surface area (Å²) >= 11 is 1.54. The lowest BCUT2D eigenvalue weighted by molar-refractivity contribution is -0.117. The van der Waals surface area contributed by atoms with Gasteiger partial charge in [0.05, 0.1) is 6.54 Å². The van der Waals surface area contributed by atoms with E-state index in [0.29, 0.717) is 6.54 Å². The second-order valence-corrected chi connectivity index (χ2v) is 8.54. The number of pyridine rings is 1. The van der Waals surface area contributed by atoms with Gasteiger partial charge in [-0.1, -0.05) is 36.9 Å². The fraction of sp³-hybridized carbons (Fsp3) is 0.304. The lowest BCUT2D eigenvalue weighted by Crippen LogP contribution is -2.48. The van der Waals surface area contributed by atoms with E-state index in [4.69, 9.17) is 0 Å². The maximum atomic E-state index is 12.4. The van der Waals surface area contributed by atoms with Gasteiger partial charge in [-0.3, -0.25) is 14.5 Å². The summed E-state index contributed by atoms with van der Waals surface area (Å²) in [5.74, 6) is 0.0148. The second-order valence-electron chi connectivity index (χ2n) is 7.43. The number of aromatic nitrogens is 1. The van der Waals surface area contributed by atoms with Gasteiger partial charge in [0.15, 0.2) is 0 Å². The molecule has 0 radical (unpaired) electrons. The molecule has 7 heteroatoms. The Hall–Kier alpha value is -2.61. The first-order valence-electron chi connectivity index (χ1n) is 10.3. The number of amides is 1. The number of carbonyl (C=O) groups is 1. The third-order valence-corrected chi connectivity index (χ3v) is 6.42. The van der Waals surface area contributed by atoms with Gasteiger partial charge in [0, 0.05) is 58.6 Å². The maximum Gasteiger partial charge on any atom is 0.249 e. The van der Waals surface area contributed by atoms with Crippen molar-refractivity contribution >= 4 is 34.3 Å². The molecule has 2 N–H and O–H groups in total. The molecule has 1 fully saturated rings. The summed E-state index contributed by atoms with van der Waals surface area (Å²) in [6.07, 6.45) is 0. The van der Waals surface area contributed by atoms with Crippen molar-refractivity contribution in [1.82, 2.24) is 14.8 Å². The summed E-state index contributed by atoms with van der Waals surface area (Å²) in [5, 5.41) is 4.00. The summed E-state index contributed by atoms with van der Waals surface area (Å²) < 4.78 is 0. The topological polar surface area (TPSA) is 68.4 Å². The number of para-hydroxylation sites is 1. The van der Waals surface area contributed by atoms with Crippen LogP contribution < -0.4 is 10.9 Å². The van der Waals surface area contributed by atoms with Gasteiger partial charge in [0.1, 0.15) is 0 Å². The molecule has 0 unspecified atom stereocenters. The predicted octanol–water partition coefficient (Wildman–Crippen LogP) is 3.26. The normalized spacial score (nSPS) is 15.4. The molecule has 1 aromatic heterocycles. The fourth-order valence-corrected chi connectivity index (χ4v) is 4.64. The average molecular weight is 423 g/mol. The highest BCUT2D eigenvalue weighted by molar-refractivity contribution is 7.99. The van der Waals surface area contributed by atoms with E-state index in [1.165, 1.54) is 0 Å². The van der Waals surface area contributed by atoms with Crippen molar-refractivity contribution in [2.24, 2.45) is 0 Å². The highest BCUT2D eigenvalue weighted by Crippen LogP contribution is 2.32. The number of fused-ring (bicyclic) bond motifs is 1. The number of nitrogens with one attached hydrogen (secondary N) is 2. The largest absolute Gasteiger partial charge is 0.325 e. The molecule has 30 heavy (non-hydrogen) atoms. The summed E-state index contributed by atoms with van der Waals surface area (Å²) in [5.41, 5.74) is 1.50. The van der Waals surface area contributed by atoms with Crippen LogP contribution in [0.1, 0.15) is 6.92 Å². The number of rotatable bonds is 6. The number of likely N-dealkylation sites (N-methyl/N-ethyl adjacent to an activating group) is 1. The van der Waals surface area contributed by atoms with Gasteiger partial charge >= 0.3 is 0 Å². The quantitative estimate of drug-likeness (QED) is 0.638. The van der Waals surface area contributed by atoms with Crippen molar-refractivity contribution in [3.05, 3.63) is 65.0 Å². The van der Waals surface area contributed by atoms with Crippen LogP contribution in [0.2, 0.25) is 0 Å². The molecule has 2 aromatic carbocycles. The summed E-state index contributed by atoms with van der Waals surface area (Å²) in [7, 11) is 0. The second kappa shape index (κ2) is 9.47. The van der Waals surface area contributed by atoms with Crippen molar-refractivity contribution in [1.29, 1.82) is 0 Å². The Morgan fingerprint density at radius 1 is 1.03 bits per heavy atom. The van der Waals surface area contributed by atoms with Gasteiger partial charge in [-0.15, -0.1) is 0 Å². The standard InChI is InChI=1S/C23H26N4O2S/c1-2-26-11-13-27(14-12-26)16-23(29)24-17-7-9-18(10-8-17)30-21-15-22(28)25-20-6-4-3-5-19(20)21/h3-10,15H,2,11-14,16H2,1H3,(H,24,29)(H,25,28). The summed E-state index contributed by atoms with van der Waals surface area (Å²) in [4.78, 5) is 33.7. The van der Waals surface area contributed by atoms with E-state index >= 15 is 0 Å². The first-order chi connectivity index (χ1) is 14.6. The first-order valence-corrected chi connectivity index (χ1v) is 11.1. The van der Waals surface area contributed by atoms with E-state index in [1.807, 2.05) is 48.5 Å². The van der Waals surface area contributed by atoms with E-state index < -0.39 is 0 Å². The molecule has 0 atom stereocenters. The molecule has 0 saturated carbocycles. The zero-order chi connectivity index (χ0) is 20.9. The number of hydrogen-bond acceptors (Lipinski definition) is 5. The van der Waals surface area contributed by atoms with Crippen LogP contribution in [0.4, 0.5) is 5.69 Å². The summed E-state index contributed by atoms with van der Waals surface area (Å²) in [6.45, 7) is 7.56. The van der Waals surface area contributed by atoms with Gasteiger partial charge < -0.3 is 15.2 Å². The maximum absolute atomic E-state index is 12.4. The van der Waals surface area contributed by atoms with Crippen molar-refractivity contribution in [3.63, 3.8) is 0 Å². The monoisotopic (exact) mass is 422 g/mol. The number of nitrogens with zero attached hydrogens (tertiary/aromatic N) is 2. The Balaban J connectivity index is 1.37. The zero-order valence-corrected chi connectivity index (χ0v) is 17.9. The Morgan fingerprint density at radius 2 is 1.73 bits per heavy atom. The zero-order valence-electron chi connectivity index (χ0n) is 17.1. The first kappa shape index (κ1) is 20.7. The van der Waals surface area contributed by atoms with Crippen molar-refractivity contribution < 1.29 is 4.79 Å². The average Bonchev–Trinajstić information content (AvgIpc) is 2.75. The van der Waals surface area contributed by atoms with Crippen molar-refractivity contribution in [3.8, 4) is 0 Å². The third-order valence-electron chi connectivity index (χ3n) is 5.36. The van der Waals surface area contributed by atoms with E-state index in [2.05, 4.69) is 27.0 Å². The van der Waals surface area contributed by atoms with Crippen LogP contribution in [0.25, 0.3) is 10.9 Å². The summed E-state index contributed by atoms with van der Waals surface area (Å²) in [6, 6.07) is 17.2. The smallest absolute Gasteiger partial charge is 0.249 e. The molecule has 156 valence electrons. The minimum Gasteiger partial charge on any atom is -0.325 e. The van der Waals surface area contributed by atoms with Crippen molar-refractivity contribution in [2.75, 3.05) is 44.6 Å². The van der Waals surface area contributed by atoms with Gasteiger partial charge in [-0.2, -0.15) is 0 Å². The fourth-order valence-electron chi connectivity index (χ4n) is 3.66. The molecule has 1 saturated heterocycles. The Labute approximate surface area is 180 Å². The van der Waals surface area contributed by atoms with Crippen LogP contribution >= 0.6 is 11.8 Å². The molecule has 1 aliphatic rings. The van der Waals surface area contributed by atoms with E-state index in [9.17, 15) is 9.59 Å². The van der Waals surface area contributed by atoms with Gasteiger partial charge in [-0.25, -0.2) is 0 Å². The molecule has 0 spiro atoms. The van der Waals surface area contributed by atoms with Gasteiger partial charge in [0.2, 0.25) is 11.5 Å². The van der Waals surface area contributed by atoms with Crippen molar-refractivity contribution in [2.45, 2.75) is 16.7 Å². The highest BCUT2D eigenvalue weighted by Gasteiger charge is 2.17. The number of benzene rings is 2. The number of carbonyl (C=O) groups excluding carboxylic acids is 1. The molecular weight excluding hydrogens is 396 g/mol. The predicted molar refractivity (Wildman–Crippen MR) is 122 cm³/mol. The lowest BCUT2D eigenvalue weighted by atomic mass is 10.2. The van der Waals surface area contributed by atoms with Gasteiger partial charge in [0.25, 0.3) is 0 Å². The third kappa shape index (κ3) is 5.11. The van der Waals surface area contributed by atoms with Crippen LogP contribution in [0.3, 0.4) is 0 Å². The van der Waals surface area contributed by atoms with E-state index in [1.54, 1.807) is 17.8 Å². The number of H-pyrrole nitrogens is 1. The highest BCUT2D eigenvalue weighted by atomic mass is 32.2. The minimum absolute atomic E-state index is 0.0148. The van der Waals surface area contributed by atoms with E-state index in [-0.39, 0.29) is 11.5 Å². The molecular formula is C23H26N4O2S. The number of aromatic amines is 1. The Kier molecular flexibility index (Phi) is 6.52. The van der Waals surface area contributed by atoms with E-state index in [0.717, 1.165) is 59.1 Å². The number of hydrogen-bond donors (Lipinski definition) is 2. The molecule has 0 bridgehead atoms. The Morgan fingerprint density at radius 3 is 2.47 bits per heavy atom. The van der Waals surface area contributed by atoms with Crippen LogP contribution in [0, 0.1) is 0 Å². The number of anilines is 1. The lowest BCUT2D eigenvalue weighted by Gasteiger charge is -2.33. The molecule has 6 nitrogen and oxygen atoms in total. The molecule has 1 amide bonds. The number of piperazine rings is 1. The molecule has 0 aliphatic carbocycles. The molecule has 3 aromatic rings. The SMILES string of the molecule is CCN1CCN(CC(=O)Nc2ccc(Sc3cc(=O)[nH]c4ccccc34)cc2)CC1. The Bertz CT molecular complexity index is 1070. The van der Waals surface area contributed by atoms with Crippen LogP contribution in [0.15, 0.2) is 69.2 Å². The molecule has 1 aliphatic heterocycles. The van der Waals surface area contributed by atoms with Crippen LogP contribution in [0.5, 0.6) is 0 Å².